The fraction of sp³-hybridized carbons (Fsp3) is 0.688. The Labute approximate surface area is 130 Å². The van der Waals surface area contributed by atoms with Crippen LogP contribution in [0.25, 0.3) is 0 Å². The number of nitrogens with zero attached hydrogens (tertiary/aromatic N) is 2. The summed E-state index contributed by atoms with van der Waals surface area (Å²) < 4.78 is 0. The maximum Gasteiger partial charge on any atom is 0.263 e. The highest BCUT2D eigenvalue weighted by atomic mass is 16.3. The third kappa shape index (κ3) is 3.21. The van der Waals surface area contributed by atoms with E-state index in [9.17, 15) is 14.7 Å². The Bertz CT molecular complexity index is 607. The zero-order chi connectivity index (χ0) is 16.5. The number of hydrogen-bond acceptors (Lipinski definition) is 4. The number of aromatic amines is 1. The number of hydrogen-bond donors (Lipinski definition) is 2. The lowest BCUT2D eigenvalue weighted by Gasteiger charge is -2.42. The Balaban J connectivity index is 2.21. The van der Waals surface area contributed by atoms with E-state index in [1.165, 1.54) is 6.20 Å². The molecular weight excluding hydrogens is 282 g/mol. The number of likely N-dealkylation sites (tertiary alicyclic amines) is 1. The van der Waals surface area contributed by atoms with Gasteiger partial charge in [-0.15, -0.1) is 0 Å². The lowest BCUT2D eigenvalue weighted by atomic mass is 9.81. The topological polar surface area (TPSA) is 86.3 Å². The Kier molecular flexibility index (Phi) is 4.70. The SMILES string of the molecule is CC[C@@H]1CN(C(=O)c2cnc(C(C)C)[nH]c2=O)CC[C@]1(C)O. The second kappa shape index (κ2) is 6.20. The van der Waals surface area contributed by atoms with E-state index in [4.69, 9.17) is 0 Å². The molecule has 22 heavy (non-hydrogen) atoms. The molecule has 2 rings (SSSR count). The van der Waals surface area contributed by atoms with Gasteiger partial charge in [0.1, 0.15) is 11.4 Å². The van der Waals surface area contributed by atoms with E-state index in [2.05, 4.69) is 9.97 Å². The van der Waals surface area contributed by atoms with Crippen LogP contribution in [-0.2, 0) is 0 Å². The molecular formula is C16H25N3O3. The molecule has 2 heterocycles. The Morgan fingerprint density at radius 1 is 1.59 bits per heavy atom. The first-order chi connectivity index (χ1) is 10.3. The van der Waals surface area contributed by atoms with E-state index in [1.807, 2.05) is 27.7 Å². The fourth-order valence-electron chi connectivity index (χ4n) is 2.90. The first-order valence-corrected chi connectivity index (χ1v) is 7.87. The third-order valence-electron chi connectivity index (χ3n) is 4.58. The summed E-state index contributed by atoms with van der Waals surface area (Å²) in [5, 5.41) is 10.3. The monoisotopic (exact) mass is 307 g/mol. The number of aromatic nitrogens is 2. The molecule has 0 aliphatic carbocycles. The van der Waals surface area contributed by atoms with Crippen LogP contribution < -0.4 is 5.56 Å². The van der Waals surface area contributed by atoms with Crippen molar-refractivity contribution in [2.45, 2.75) is 52.1 Å². The van der Waals surface area contributed by atoms with Gasteiger partial charge in [-0.3, -0.25) is 9.59 Å². The molecule has 1 fully saturated rings. The number of carbonyl (C=O) groups excluding carboxylic acids is 1. The zero-order valence-electron chi connectivity index (χ0n) is 13.7. The number of amides is 1. The average molecular weight is 307 g/mol. The molecule has 1 aromatic heterocycles. The predicted octanol–water partition coefficient (Wildman–Crippen LogP) is 1.52. The number of rotatable bonds is 3. The molecule has 0 spiro atoms. The lowest BCUT2D eigenvalue weighted by Crippen LogP contribution is -2.52. The van der Waals surface area contributed by atoms with Crippen molar-refractivity contribution in [2.75, 3.05) is 13.1 Å². The van der Waals surface area contributed by atoms with Crippen molar-refractivity contribution in [3.05, 3.63) is 27.9 Å². The second-order valence-electron chi connectivity index (χ2n) is 6.63. The van der Waals surface area contributed by atoms with Crippen LogP contribution in [0.3, 0.4) is 0 Å². The summed E-state index contributed by atoms with van der Waals surface area (Å²) in [6, 6.07) is 0. The van der Waals surface area contributed by atoms with Gasteiger partial charge in [0.2, 0.25) is 0 Å². The molecule has 2 atom stereocenters. The second-order valence-corrected chi connectivity index (χ2v) is 6.63. The maximum atomic E-state index is 12.6. The first-order valence-electron chi connectivity index (χ1n) is 7.87. The summed E-state index contributed by atoms with van der Waals surface area (Å²) >= 11 is 0. The van der Waals surface area contributed by atoms with E-state index in [0.29, 0.717) is 25.3 Å². The molecule has 0 aromatic carbocycles. The normalized spacial score (nSPS) is 25.5. The smallest absolute Gasteiger partial charge is 0.263 e. The van der Waals surface area contributed by atoms with E-state index in [-0.39, 0.29) is 23.3 Å². The molecule has 0 bridgehead atoms. The number of nitrogens with one attached hydrogen (secondary N) is 1. The summed E-state index contributed by atoms with van der Waals surface area (Å²) in [7, 11) is 0. The molecule has 1 amide bonds. The van der Waals surface area contributed by atoms with Crippen molar-refractivity contribution in [3.8, 4) is 0 Å². The molecule has 6 nitrogen and oxygen atoms in total. The largest absolute Gasteiger partial charge is 0.390 e. The predicted molar refractivity (Wildman–Crippen MR) is 83.9 cm³/mol. The van der Waals surface area contributed by atoms with Gasteiger partial charge in [-0.1, -0.05) is 20.8 Å². The molecule has 122 valence electrons. The van der Waals surface area contributed by atoms with Crippen LogP contribution in [0.4, 0.5) is 0 Å². The lowest BCUT2D eigenvalue weighted by molar-refractivity contribution is -0.0521. The number of H-pyrrole nitrogens is 1. The van der Waals surface area contributed by atoms with Gasteiger partial charge in [-0.2, -0.15) is 0 Å². The van der Waals surface area contributed by atoms with Crippen LogP contribution in [-0.4, -0.2) is 44.6 Å². The van der Waals surface area contributed by atoms with Gasteiger partial charge in [0.05, 0.1) is 5.60 Å². The molecule has 0 unspecified atom stereocenters. The minimum absolute atomic E-state index is 0.0205. The summed E-state index contributed by atoms with van der Waals surface area (Å²) in [6.07, 6.45) is 2.68. The van der Waals surface area contributed by atoms with Crippen LogP contribution in [0, 0.1) is 5.92 Å². The van der Waals surface area contributed by atoms with Crippen molar-refractivity contribution in [1.82, 2.24) is 14.9 Å². The summed E-state index contributed by atoms with van der Waals surface area (Å²) in [4.78, 5) is 33.2. The first kappa shape index (κ1) is 16.7. The van der Waals surface area contributed by atoms with E-state index >= 15 is 0 Å². The van der Waals surface area contributed by atoms with Crippen molar-refractivity contribution in [1.29, 1.82) is 0 Å². The third-order valence-corrected chi connectivity index (χ3v) is 4.58. The van der Waals surface area contributed by atoms with Gasteiger partial charge in [0, 0.05) is 31.1 Å². The van der Waals surface area contributed by atoms with Crippen molar-refractivity contribution < 1.29 is 9.90 Å². The average Bonchev–Trinajstić information content (AvgIpc) is 2.46. The molecule has 2 N–H and O–H groups in total. The molecule has 0 saturated carbocycles. The molecule has 1 aliphatic rings. The minimum Gasteiger partial charge on any atom is -0.390 e. The van der Waals surface area contributed by atoms with Crippen molar-refractivity contribution in [2.24, 2.45) is 5.92 Å². The molecule has 1 aromatic rings. The maximum absolute atomic E-state index is 12.6. The van der Waals surface area contributed by atoms with Gasteiger partial charge < -0.3 is 15.0 Å². The van der Waals surface area contributed by atoms with Gasteiger partial charge in [-0.05, 0) is 19.8 Å². The quantitative estimate of drug-likeness (QED) is 0.886. The molecule has 6 heteroatoms. The van der Waals surface area contributed by atoms with Gasteiger partial charge in [0.15, 0.2) is 0 Å². The summed E-state index contributed by atoms with van der Waals surface area (Å²) in [5.41, 5.74) is -1.08. The Morgan fingerprint density at radius 3 is 2.82 bits per heavy atom. The van der Waals surface area contributed by atoms with E-state index in [0.717, 1.165) is 6.42 Å². The summed E-state index contributed by atoms with van der Waals surface area (Å²) in [5.74, 6) is 0.395. The van der Waals surface area contributed by atoms with Crippen LogP contribution in [0.2, 0.25) is 0 Å². The van der Waals surface area contributed by atoms with Crippen LogP contribution in [0.1, 0.15) is 62.6 Å². The highest BCUT2D eigenvalue weighted by molar-refractivity contribution is 5.93. The van der Waals surface area contributed by atoms with Crippen molar-refractivity contribution >= 4 is 5.91 Å². The molecule has 1 saturated heterocycles. The van der Waals surface area contributed by atoms with Crippen molar-refractivity contribution in [3.63, 3.8) is 0 Å². The van der Waals surface area contributed by atoms with Gasteiger partial charge in [-0.25, -0.2) is 4.98 Å². The van der Waals surface area contributed by atoms with Crippen LogP contribution >= 0.6 is 0 Å². The van der Waals surface area contributed by atoms with Gasteiger partial charge in [0.25, 0.3) is 11.5 Å². The highest BCUT2D eigenvalue weighted by Gasteiger charge is 2.38. The highest BCUT2D eigenvalue weighted by Crippen LogP contribution is 2.30. The number of carbonyl (C=O) groups is 1. The minimum atomic E-state index is -0.752. The standard InChI is InChI=1S/C16H25N3O3/c1-5-11-9-19(7-6-16(11,4)22)15(21)12-8-17-13(10(2)3)18-14(12)20/h8,10-11,22H,5-7,9H2,1-4H3,(H,17,18,20)/t11-,16+/m1/s1. The summed E-state index contributed by atoms with van der Waals surface area (Å²) in [6.45, 7) is 8.59. The van der Waals surface area contributed by atoms with Gasteiger partial charge >= 0.3 is 0 Å². The number of aliphatic hydroxyl groups is 1. The molecule has 1 aliphatic heterocycles. The number of piperidine rings is 1. The van der Waals surface area contributed by atoms with E-state index < -0.39 is 11.2 Å². The Hall–Kier alpha value is -1.69. The molecule has 0 radical (unpaired) electrons. The van der Waals surface area contributed by atoms with Crippen LogP contribution in [0.5, 0.6) is 0 Å². The zero-order valence-corrected chi connectivity index (χ0v) is 13.7. The fourth-order valence-corrected chi connectivity index (χ4v) is 2.90. The Morgan fingerprint density at radius 2 is 2.27 bits per heavy atom. The van der Waals surface area contributed by atoms with Crippen LogP contribution in [0.15, 0.2) is 11.0 Å². The van der Waals surface area contributed by atoms with E-state index in [1.54, 1.807) is 4.90 Å².